The van der Waals surface area contributed by atoms with Gasteiger partial charge >= 0.3 is 0 Å². The van der Waals surface area contributed by atoms with Gasteiger partial charge in [-0.25, -0.2) is 9.97 Å². The third-order valence-corrected chi connectivity index (χ3v) is 6.70. The molecule has 8 nitrogen and oxygen atoms in total. The molecule has 3 heterocycles. The van der Waals surface area contributed by atoms with Gasteiger partial charge in [0.2, 0.25) is 11.9 Å². The van der Waals surface area contributed by atoms with Gasteiger partial charge in [-0.3, -0.25) is 9.47 Å². The molecule has 0 aliphatic carbocycles. The maximum Gasteiger partial charge on any atom is 0.225 e. The van der Waals surface area contributed by atoms with Crippen molar-refractivity contribution >= 4 is 51.9 Å². The van der Waals surface area contributed by atoms with E-state index in [2.05, 4.69) is 49.8 Å². The number of rotatable bonds is 6. The van der Waals surface area contributed by atoms with Gasteiger partial charge in [-0.05, 0) is 37.1 Å². The van der Waals surface area contributed by atoms with E-state index in [0.29, 0.717) is 44.4 Å². The van der Waals surface area contributed by atoms with Crippen molar-refractivity contribution in [3.63, 3.8) is 0 Å². The van der Waals surface area contributed by atoms with Crippen LogP contribution >= 0.6 is 23.2 Å². The van der Waals surface area contributed by atoms with Gasteiger partial charge in [-0.2, -0.15) is 10.2 Å². The summed E-state index contributed by atoms with van der Waals surface area (Å²) in [5.74, 6) is 1.10. The zero-order valence-electron chi connectivity index (χ0n) is 19.2. The van der Waals surface area contributed by atoms with Gasteiger partial charge in [0.05, 0.1) is 33.6 Å². The van der Waals surface area contributed by atoms with E-state index in [-0.39, 0.29) is 6.04 Å². The van der Waals surface area contributed by atoms with Crippen LogP contribution in [0.2, 0.25) is 10.0 Å². The third-order valence-electron chi connectivity index (χ3n) is 6.11. The average Bonchev–Trinajstić information content (AvgIpc) is 3.17. The maximum absolute atomic E-state index is 9.10. The van der Waals surface area contributed by atoms with Crippen LogP contribution in [0.5, 0.6) is 0 Å². The van der Waals surface area contributed by atoms with Crippen LogP contribution in [-0.4, -0.2) is 43.6 Å². The van der Waals surface area contributed by atoms with E-state index in [1.807, 2.05) is 23.8 Å². The van der Waals surface area contributed by atoms with Gasteiger partial charge in [-0.15, -0.1) is 0 Å². The number of benzene rings is 2. The number of nitriles is 1. The van der Waals surface area contributed by atoms with E-state index in [1.54, 1.807) is 18.3 Å². The second-order valence-electron chi connectivity index (χ2n) is 8.65. The summed E-state index contributed by atoms with van der Waals surface area (Å²) in [6.45, 7) is 2.96. The summed E-state index contributed by atoms with van der Waals surface area (Å²) in [5, 5.41) is 16.5. The molecule has 0 unspecified atom stereocenters. The van der Waals surface area contributed by atoms with Crippen molar-refractivity contribution in [2.24, 2.45) is 7.05 Å². The molecule has 1 fully saturated rings. The lowest BCUT2D eigenvalue weighted by Crippen LogP contribution is -2.41. The summed E-state index contributed by atoms with van der Waals surface area (Å²) in [7, 11) is 1.86. The molecule has 2 aromatic carbocycles. The molecule has 5 rings (SSSR count). The van der Waals surface area contributed by atoms with Crippen molar-refractivity contribution in [1.82, 2.24) is 24.4 Å². The van der Waals surface area contributed by atoms with E-state index in [9.17, 15) is 0 Å². The van der Waals surface area contributed by atoms with Crippen LogP contribution in [0.15, 0.2) is 48.7 Å². The second kappa shape index (κ2) is 10.1. The predicted molar refractivity (Wildman–Crippen MR) is 139 cm³/mol. The highest BCUT2D eigenvalue weighted by Gasteiger charge is 2.21. The van der Waals surface area contributed by atoms with Gasteiger partial charge in [0, 0.05) is 26.2 Å². The van der Waals surface area contributed by atoms with Crippen LogP contribution < -0.4 is 10.6 Å². The first-order chi connectivity index (χ1) is 17.0. The minimum Gasteiger partial charge on any atom is -0.350 e. The van der Waals surface area contributed by atoms with Gasteiger partial charge in [0.15, 0.2) is 5.65 Å². The number of halogens is 2. The highest BCUT2D eigenvalue weighted by Crippen LogP contribution is 2.34. The molecule has 10 heteroatoms. The number of imidazole rings is 1. The first-order valence-electron chi connectivity index (χ1n) is 11.4. The Kier molecular flexibility index (Phi) is 6.73. The van der Waals surface area contributed by atoms with Crippen LogP contribution in [0.25, 0.3) is 11.2 Å². The molecule has 0 bridgehead atoms. The molecule has 2 N–H and O–H groups in total. The Bertz CT molecular complexity index is 1370. The topological polar surface area (TPSA) is 94.7 Å². The Labute approximate surface area is 213 Å². The fourth-order valence-electron chi connectivity index (χ4n) is 4.37. The van der Waals surface area contributed by atoms with Crippen molar-refractivity contribution in [3.05, 3.63) is 69.8 Å². The van der Waals surface area contributed by atoms with Gasteiger partial charge < -0.3 is 10.6 Å². The Morgan fingerprint density at radius 2 is 1.91 bits per heavy atom. The van der Waals surface area contributed by atoms with E-state index in [0.717, 1.165) is 32.5 Å². The van der Waals surface area contributed by atoms with Crippen molar-refractivity contribution in [3.8, 4) is 6.07 Å². The third kappa shape index (κ3) is 5.17. The molecule has 2 aromatic heterocycles. The molecular weight excluding hydrogens is 483 g/mol. The molecule has 0 radical (unpaired) electrons. The quantitative estimate of drug-likeness (QED) is 0.363. The zero-order valence-corrected chi connectivity index (χ0v) is 20.7. The number of nitrogens with zero attached hydrogens (tertiary/aromatic N) is 6. The number of likely N-dealkylation sites (tertiary alicyclic amines) is 1. The monoisotopic (exact) mass is 506 g/mol. The zero-order chi connectivity index (χ0) is 24.4. The summed E-state index contributed by atoms with van der Waals surface area (Å²) >= 11 is 12.7. The first-order valence-corrected chi connectivity index (χ1v) is 12.1. The average molecular weight is 507 g/mol. The molecule has 0 amide bonds. The van der Waals surface area contributed by atoms with Gasteiger partial charge in [-0.1, -0.05) is 53.5 Å². The van der Waals surface area contributed by atoms with Crippen molar-refractivity contribution in [2.75, 3.05) is 23.7 Å². The summed E-state index contributed by atoms with van der Waals surface area (Å²) in [6.07, 6.45) is 3.90. The van der Waals surface area contributed by atoms with E-state index in [4.69, 9.17) is 33.4 Å². The summed E-state index contributed by atoms with van der Waals surface area (Å²) in [6, 6.07) is 16.0. The van der Waals surface area contributed by atoms with Crippen molar-refractivity contribution in [2.45, 2.75) is 25.4 Å². The Morgan fingerprint density at radius 3 is 2.66 bits per heavy atom. The molecule has 1 saturated heterocycles. The van der Waals surface area contributed by atoms with Crippen LogP contribution in [0.4, 0.5) is 17.6 Å². The number of hydrogen-bond donors (Lipinski definition) is 2. The SMILES string of the molecule is Cn1c(Nc2c(Cl)cc(C#N)cc2Cl)nc2cnc(N[C@@H]3CCCN(Cc4ccccc4)C3)nc21. The molecule has 35 heavy (non-hydrogen) atoms. The molecule has 1 aliphatic heterocycles. The van der Waals surface area contributed by atoms with Gasteiger partial charge in [0.25, 0.3) is 0 Å². The standard InChI is InChI=1S/C25H24Cl2N8/c1-34-23-21(31-25(34)32-22-19(26)10-17(12-28)11-20(22)27)13-29-24(33-23)30-18-8-5-9-35(15-18)14-16-6-3-2-4-7-16/h2-4,6-7,10-11,13,18H,5,8-9,14-15H2,1H3,(H,31,32)(H,29,30,33)/t18-/m1/s1. The normalized spacial score (nSPS) is 16.2. The number of hydrogen-bond acceptors (Lipinski definition) is 7. The Balaban J connectivity index is 1.31. The molecule has 1 aliphatic rings. The number of anilines is 3. The Morgan fingerprint density at radius 1 is 1.14 bits per heavy atom. The number of piperidine rings is 1. The molecular formula is C25H24Cl2N8. The lowest BCUT2D eigenvalue weighted by molar-refractivity contribution is 0.208. The molecule has 0 saturated carbocycles. The fraction of sp³-hybridized carbons (Fsp3) is 0.280. The van der Waals surface area contributed by atoms with Crippen molar-refractivity contribution in [1.29, 1.82) is 5.26 Å². The van der Waals surface area contributed by atoms with Crippen LogP contribution in [0.3, 0.4) is 0 Å². The lowest BCUT2D eigenvalue weighted by Gasteiger charge is -2.33. The minimum absolute atomic E-state index is 0.270. The number of aryl methyl sites for hydroxylation is 1. The smallest absolute Gasteiger partial charge is 0.225 e. The summed E-state index contributed by atoms with van der Waals surface area (Å²) < 4.78 is 1.83. The van der Waals surface area contributed by atoms with Crippen LogP contribution in [0.1, 0.15) is 24.0 Å². The van der Waals surface area contributed by atoms with Crippen LogP contribution in [0, 0.1) is 11.3 Å². The van der Waals surface area contributed by atoms with E-state index < -0.39 is 0 Å². The second-order valence-corrected chi connectivity index (χ2v) is 9.47. The summed E-state index contributed by atoms with van der Waals surface area (Å²) in [5.41, 5.74) is 3.53. The lowest BCUT2D eigenvalue weighted by atomic mass is 10.0. The van der Waals surface area contributed by atoms with Crippen molar-refractivity contribution < 1.29 is 0 Å². The number of fused-ring (bicyclic) bond motifs is 1. The first kappa shape index (κ1) is 23.4. The number of nitrogens with one attached hydrogen (secondary N) is 2. The van der Waals surface area contributed by atoms with E-state index >= 15 is 0 Å². The molecule has 0 spiro atoms. The minimum atomic E-state index is 0.270. The van der Waals surface area contributed by atoms with Gasteiger partial charge in [0.1, 0.15) is 5.52 Å². The highest BCUT2D eigenvalue weighted by molar-refractivity contribution is 6.39. The number of aromatic nitrogens is 4. The largest absolute Gasteiger partial charge is 0.350 e. The highest BCUT2D eigenvalue weighted by atomic mass is 35.5. The summed E-state index contributed by atoms with van der Waals surface area (Å²) in [4.78, 5) is 16.3. The predicted octanol–water partition coefficient (Wildman–Crippen LogP) is 5.36. The molecule has 178 valence electrons. The van der Waals surface area contributed by atoms with E-state index in [1.165, 1.54) is 5.56 Å². The molecule has 4 aromatic rings. The maximum atomic E-state index is 9.10. The van der Waals surface area contributed by atoms with Crippen LogP contribution in [-0.2, 0) is 13.6 Å². The molecule has 1 atom stereocenters. The Hall–Kier alpha value is -3.38. The fourth-order valence-corrected chi connectivity index (χ4v) is 4.95.